The molecule has 108 valence electrons. The van der Waals surface area contributed by atoms with Crippen molar-refractivity contribution in [1.29, 1.82) is 0 Å². The van der Waals surface area contributed by atoms with Crippen LogP contribution in [0.15, 0.2) is 0 Å². The van der Waals surface area contributed by atoms with E-state index >= 15 is 0 Å². The number of halogens is 5. The summed E-state index contributed by atoms with van der Waals surface area (Å²) in [6.07, 6.45) is -5.05. The van der Waals surface area contributed by atoms with E-state index in [4.69, 9.17) is 0 Å². The molecule has 0 heterocycles. The molecule has 3 nitrogen and oxygen atoms in total. The minimum absolute atomic E-state index is 0.157. The van der Waals surface area contributed by atoms with Crippen LogP contribution in [0.2, 0.25) is 0 Å². The molecule has 0 aliphatic heterocycles. The first-order valence-electron chi connectivity index (χ1n) is 5.47. The molecule has 0 aromatic rings. The molecule has 18 heavy (non-hydrogen) atoms. The molecule has 1 amide bonds. The number of carbonyl (C=O) groups is 1. The molecule has 0 aliphatic carbocycles. The molecule has 0 radical (unpaired) electrons. The van der Waals surface area contributed by atoms with Gasteiger partial charge in [-0.1, -0.05) is 6.92 Å². The summed E-state index contributed by atoms with van der Waals surface area (Å²) in [6.45, 7) is 3.74. The third-order valence-corrected chi connectivity index (χ3v) is 2.73. The topological polar surface area (TPSA) is 32.3 Å². The molecule has 1 atom stereocenters. The van der Waals surface area contributed by atoms with Crippen molar-refractivity contribution in [3.63, 3.8) is 0 Å². The molecule has 8 heteroatoms. The highest BCUT2D eigenvalue weighted by atomic mass is 19.4. The Bertz CT molecular complexity index is 280. The van der Waals surface area contributed by atoms with E-state index in [-0.39, 0.29) is 19.1 Å². The van der Waals surface area contributed by atoms with Gasteiger partial charge in [-0.15, -0.1) is 0 Å². The zero-order chi connectivity index (χ0) is 14.6. The lowest BCUT2D eigenvalue weighted by atomic mass is 10.2. The van der Waals surface area contributed by atoms with Crippen molar-refractivity contribution in [2.24, 2.45) is 0 Å². The van der Waals surface area contributed by atoms with E-state index in [0.29, 0.717) is 0 Å². The van der Waals surface area contributed by atoms with Crippen LogP contribution in [0.4, 0.5) is 22.0 Å². The average Bonchev–Trinajstić information content (AvgIpc) is 2.25. The Morgan fingerprint density at radius 3 is 2.17 bits per heavy atom. The predicted octanol–water partition coefficient (Wildman–Crippen LogP) is 2.03. The number of nitrogens with one attached hydrogen (secondary N) is 1. The molecule has 0 fully saturated rings. The number of carbonyl (C=O) groups excluding carboxylic acids is 1. The molecule has 0 bridgehead atoms. The van der Waals surface area contributed by atoms with Crippen molar-refractivity contribution >= 4 is 5.91 Å². The SMILES string of the molecule is CCC(C)N(C)CCNC(=O)C(F)(F)C(F)(F)F. The first kappa shape index (κ1) is 17.1. The van der Waals surface area contributed by atoms with Gasteiger partial charge in [0.1, 0.15) is 0 Å². The Morgan fingerprint density at radius 1 is 1.28 bits per heavy atom. The lowest BCUT2D eigenvalue weighted by molar-refractivity contribution is -0.269. The Hall–Kier alpha value is -0.920. The van der Waals surface area contributed by atoms with Crippen LogP contribution in [0.5, 0.6) is 0 Å². The van der Waals surface area contributed by atoms with Crippen LogP contribution in [0.1, 0.15) is 20.3 Å². The maximum atomic E-state index is 12.5. The highest BCUT2D eigenvalue weighted by Gasteiger charge is 2.63. The summed E-state index contributed by atoms with van der Waals surface area (Å²) in [5.41, 5.74) is 0. The minimum atomic E-state index is -5.86. The second-order valence-electron chi connectivity index (χ2n) is 4.07. The fraction of sp³-hybridized carbons (Fsp3) is 0.900. The van der Waals surface area contributed by atoms with Crippen LogP contribution in [-0.4, -0.2) is 49.1 Å². The van der Waals surface area contributed by atoms with E-state index in [1.165, 1.54) is 0 Å². The van der Waals surface area contributed by atoms with Gasteiger partial charge in [0.15, 0.2) is 0 Å². The summed E-state index contributed by atoms with van der Waals surface area (Å²) >= 11 is 0. The smallest absolute Gasteiger partial charge is 0.349 e. The van der Waals surface area contributed by atoms with E-state index in [0.717, 1.165) is 6.42 Å². The Balaban J connectivity index is 4.21. The van der Waals surface area contributed by atoms with Crippen molar-refractivity contribution in [2.75, 3.05) is 20.1 Å². The lowest BCUT2D eigenvalue weighted by Gasteiger charge is -2.24. The largest absolute Gasteiger partial charge is 0.463 e. The van der Waals surface area contributed by atoms with Crippen LogP contribution in [0.3, 0.4) is 0 Å². The molecule has 0 saturated carbocycles. The predicted molar refractivity (Wildman–Crippen MR) is 56.4 cm³/mol. The molecule has 1 N–H and O–H groups in total. The van der Waals surface area contributed by atoms with E-state index in [1.807, 2.05) is 13.8 Å². The fourth-order valence-corrected chi connectivity index (χ4v) is 1.12. The lowest BCUT2D eigenvalue weighted by Crippen LogP contribution is -2.51. The average molecular weight is 276 g/mol. The van der Waals surface area contributed by atoms with Gasteiger partial charge >= 0.3 is 12.1 Å². The van der Waals surface area contributed by atoms with Gasteiger partial charge in [0.25, 0.3) is 5.91 Å². The molecular formula is C10H17F5N2O. The van der Waals surface area contributed by atoms with Gasteiger partial charge in [0.2, 0.25) is 0 Å². The van der Waals surface area contributed by atoms with Gasteiger partial charge in [0, 0.05) is 19.1 Å². The molecular weight excluding hydrogens is 259 g/mol. The second kappa shape index (κ2) is 6.31. The number of rotatable bonds is 6. The summed E-state index contributed by atoms with van der Waals surface area (Å²) in [7, 11) is 1.70. The summed E-state index contributed by atoms with van der Waals surface area (Å²) < 4.78 is 60.5. The monoisotopic (exact) mass is 276 g/mol. The fourth-order valence-electron chi connectivity index (χ4n) is 1.12. The van der Waals surface area contributed by atoms with Gasteiger partial charge in [0.05, 0.1) is 0 Å². The molecule has 0 aliphatic rings. The maximum Gasteiger partial charge on any atom is 0.463 e. The molecule has 0 aromatic carbocycles. The quantitative estimate of drug-likeness (QED) is 0.753. The highest BCUT2D eigenvalue weighted by Crippen LogP contribution is 2.35. The molecule has 0 spiro atoms. The maximum absolute atomic E-state index is 12.5. The van der Waals surface area contributed by atoms with Gasteiger partial charge in [-0.05, 0) is 20.4 Å². The Morgan fingerprint density at radius 2 is 1.78 bits per heavy atom. The zero-order valence-corrected chi connectivity index (χ0v) is 10.4. The van der Waals surface area contributed by atoms with Crippen LogP contribution in [-0.2, 0) is 4.79 Å². The number of hydrogen-bond donors (Lipinski definition) is 1. The normalized spacial score (nSPS) is 14.7. The van der Waals surface area contributed by atoms with E-state index < -0.39 is 18.0 Å². The van der Waals surface area contributed by atoms with Crippen LogP contribution in [0.25, 0.3) is 0 Å². The second-order valence-corrected chi connectivity index (χ2v) is 4.07. The van der Waals surface area contributed by atoms with E-state index in [9.17, 15) is 26.7 Å². The van der Waals surface area contributed by atoms with E-state index in [1.54, 1.807) is 17.3 Å². The number of alkyl halides is 5. The molecule has 1 unspecified atom stereocenters. The van der Waals surface area contributed by atoms with E-state index in [2.05, 4.69) is 0 Å². The van der Waals surface area contributed by atoms with Gasteiger partial charge in [-0.2, -0.15) is 22.0 Å². The first-order valence-corrected chi connectivity index (χ1v) is 5.47. The van der Waals surface area contributed by atoms with Crippen LogP contribution < -0.4 is 5.32 Å². The number of nitrogens with zero attached hydrogens (tertiary/aromatic N) is 1. The van der Waals surface area contributed by atoms with Crippen molar-refractivity contribution in [3.05, 3.63) is 0 Å². The Labute approximate surface area is 102 Å². The van der Waals surface area contributed by atoms with Gasteiger partial charge in [-0.3, -0.25) is 4.79 Å². The number of hydrogen-bond acceptors (Lipinski definition) is 2. The third-order valence-electron chi connectivity index (χ3n) is 2.73. The van der Waals surface area contributed by atoms with Crippen LogP contribution >= 0.6 is 0 Å². The first-order chi connectivity index (χ1) is 8.04. The zero-order valence-electron chi connectivity index (χ0n) is 10.4. The van der Waals surface area contributed by atoms with Gasteiger partial charge in [-0.25, -0.2) is 0 Å². The molecule has 0 saturated heterocycles. The summed E-state index contributed by atoms with van der Waals surface area (Å²) in [4.78, 5) is 12.5. The van der Waals surface area contributed by atoms with Gasteiger partial charge < -0.3 is 10.2 Å². The standard InChI is InChI=1S/C10H17F5N2O/c1-4-7(2)17(3)6-5-16-8(18)9(11,12)10(13,14)15/h7H,4-6H2,1-3H3,(H,16,18). The summed E-state index contributed by atoms with van der Waals surface area (Å²) in [6, 6.07) is 0.157. The van der Waals surface area contributed by atoms with Crippen molar-refractivity contribution in [2.45, 2.75) is 38.4 Å². The Kier molecular flexibility index (Phi) is 5.98. The molecule has 0 aromatic heterocycles. The number of likely N-dealkylation sites (N-methyl/N-ethyl adjacent to an activating group) is 1. The van der Waals surface area contributed by atoms with Crippen molar-refractivity contribution in [1.82, 2.24) is 10.2 Å². The summed E-state index contributed by atoms with van der Waals surface area (Å²) in [5, 5.41) is 1.59. The van der Waals surface area contributed by atoms with Crippen molar-refractivity contribution in [3.8, 4) is 0 Å². The van der Waals surface area contributed by atoms with Crippen LogP contribution in [0, 0.1) is 0 Å². The molecule has 0 rings (SSSR count). The van der Waals surface area contributed by atoms with Crippen molar-refractivity contribution < 1.29 is 26.7 Å². The number of amides is 1. The summed E-state index contributed by atoms with van der Waals surface area (Å²) in [5.74, 6) is -7.66. The minimum Gasteiger partial charge on any atom is -0.349 e. The highest BCUT2D eigenvalue weighted by molar-refractivity contribution is 5.84. The third kappa shape index (κ3) is 4.40.